The molecule has 5 nitrogen and oxygen atoms in total. The van der Waals surface area contributed by atoms with Crippen LogP contribution in [0.25, 0.3) is 10.8 Å². The van der Waals surface area contributed by atoms with E-state index in [0.29, 0.717) is 5.84 Å². The molecule has 5 heteroatoms. The zero-order chi connectivity index (χ0) is 21.1. The summed E-state index contributed by atoms with van der Waals surface area (Å²) in [6.07, 6.45) is 3.04. The summed E-state index contributed by atoms with van der Waals surface area (Å²) in [7, 11) is 0. The first-order valence-corrected chi connectivity index (χ1v) is 10.4. The molecule has 0 aliphatic carbocycles. The predicted octanol–water partition coefficient (Wildman–Crippen LogP) is 4.36. The Labute approximate surface area is 177 Å². The second-order valence-corrected chi connectivity index (χ2v) is 8.01. The average molecular weight is 401 g/mol. The lowest BCUT2D eigenvalue weighted by molar-refractivity contribution is 0.214. The van der Waals surface area contributed by atoms with Crippen LogP contribution in [0, 0.1) is 10.8 Å². The van der Waals surface area contributed by atoms with Gasteiger partial charge in [-0.2, -0.15) is 0 Å². The van der Waals surface area contributed by atoms with E-state index in [9.17, 15) is 0 Å². The number of fused-ring (bicyclic) bond motifs is 1. The van der Waals surface area contributed by atoms with Crippen molar-refractivity contribution in [3.05, 3.63) is 77.4 Å². The van der Waals surface area contributed by atoms with E-state index >= 15 is 0 Å². The van der Waals surface area contributed by atoms with Crippen molar-refractivity contribution in [2.45, 2.75) is 32.3 Å². The zero-order valence-corrected chi connectivity index (χ0v) is 17.3. The first-order chi connectivity index (χ1) is 14.5. The van der Waals surface area contributed by atoms with Gasteiger partial charge in [0, 0.05) is 18.5 Å². The first-order valence-electron chi connectivity index (χ1n) is 10.4. The van der Waals surface area contributed by atoms with E-state index in [2.05, 4.69) is 47.4 Å². The lowest BCUT2D eigenvalue weighted by Gasteiger charge is -2.17. The Hall–Kier alpha value is -3.34. The van der Waals surface area contributed by atoms with Crippen LogP contribution in [0.3, 0.4) is 0 Å². The first kappa shape index (κ1) is 20.0. The van der Waals surface area contributed by atoms with Crippen LogP contribution in [0.15, 0.2) is 60.7 Å². The normalized spacial score (nSPS) is 16.0. The van der Waals surface area contributed by atoms with Crippen LogP contribution >= 0.6 is 0 Å². The van der Waals surface area contributed by atoms with E-state index in [4.69, 9.17) is 21.3 Å². The number of aryl methyl sites for hydroxylation is 2. The Balaban J connectivity index is 1.36. The zero-order valence-electron chi connectivity index (χ0n) is 17.3. The molecule has 1 aliphatic rings. The van der Waals surface area contributed by atoms with E-state index in [1.807, 2.05) is 25.1 Å². The van der Waals surface area contributed by atoms with Crippen molar-refractivity contribution in [1.29, 1.82) is 10.8 Å². The molecule has 0 unspecified atom stereocenters. The fourth-order valence-electron chi connectivity index (χ4n) is 3.96. The van der Waals surface area contributed by atoms with Crippen LogP contribution < -0.4 is 10.5 Å². The van der Waals surface area contributed by atoms with Crippen molar-refractivity contribution in [3.63, 3.8) is 0 Å². The summed E-state index contributed by atoms with van der Waals surface area (Å²) in [6, 6.07) is 20.8. The molecular weight excluding hydrogens is 372 g/mol. The lowest BCUT2D eigenvalue weighted by atomic mass is 9.99. The fourth-order valence-corrected chi connectivity index (χ4v) is 3.96. The monoisotopic (exact) mass is 400 g/mol. The molecule has 0 aromatic heterocycles. The Kier molecular flexibility index (Phi) is 5.70. The van der Waals surface area contributed by atoms with E-state index in [0.717, 1.165) is 54.4 Å². The summed E-state index contributed by atoms with van der Waals surface area (Å²) < 4.78 is 6.09. The number of benzene rings is 3. The number of amidine groups is 2. The average Bonchev–Trinajstić information content (AvgIpc) is 3.21. The third-order valence-corrected chi connectivity index (χ3v) is 5.76. The molecule has 1 heterocycles. The smallest absolute Gasteiger partial charge is 0.122 e. The molecule has 1 aliphatic heterocycles. The predicted molar refractivity (Wildman–Crippen MR) is 123 cm³/mol. The molecule has 0 radical (unpaired) electrons. The van der Waals surface area contributed by atoms with E-state index in [1.165, 1.54) is 11.1 Å². The van der Waals surface area contributed by atoms with E-state index in [1.54, 1.807) is 0 Å². The number of nitrogen functional groups attached to an aromatic ring is 1. The topological polar surface area (TPSA) is 86.2 Å². The molecule has 0 amide bonds. The summed E-state index contributed by atoms with van der Waals surface area (Å²) in [5.41, 5.74) is 8.94. The number of nitrogens with zero attached hydrogens (tertiary/aromatic N) is 1. The van der Waals surface area contributed by atoms with Gasteiger partial charge >= 0.3 is 0 Å². The maximum Gasteiger partial charge on any atom is 0.122 e. The number of nitrogens with one attached hydrogen (secondary N) is 2. The molecule has 0 spiro atoms. The molecule has 30 heavy (non-hydrogen) atoms. The number of ether oxygens (including phenoxy) is 1. The number of likely N-dealkylation sites (tertiary alicyclic amines) is 1. The van der Waals surface area contributed by atoms with Crippen LogP contribution in [0.2, 0.25) is 0 Å². The lowest BCUT2D eigenvalue weighted by Crippen LogP contribution is -2.28. The molecule has 0 bridgehead atoms. The highest BCUT2D eigenvalue weighted by Gasteiger charge is 2.24. The van der Waals surface area contributed by atoms with Crippen molar-refractivity contribution >= 4 is 22.4 Å². The molecule has 4 N–H and O–H groups in total. The quantitative estimate of drug-likeness (QED) is 0.424. The molecule has 3 aromatic carbocycles. The Morgan fingerprint density at radius 1 is 0.967 bits per heavy atom. The summed E-state index contributed by atoms with van der Waals surface area (Å²) in [5, 5.41) is 17.6. The molecule has 1 fully saturated rings. The summed E-state index contributed by atoms with van der Waals surface area (Å²) in [4.78, 5) is 2.06. The second kappa shape index (κ2) is 8.57. The van der Waals surface area contributed by atoms with Crippen molar-refractivity contribution < 1.29 is 4.74 Å². The number of nitrogens with two attached hydrogens (primary N) is 1. The minimum atomic E-state index is 0.0999. The van der Waals surface area contributed by atoms with Gasteiger partial charge in [-0.05, 0) is 59.9 Å². The third-order valence-electron chi connectivity index (χ3n) is 5.76. The molecule has 4 rings (SSSR count). The minimum Gasteiger partial charge on any atom is -0.489 e. The van der Waals surface area contributed by atoms with Crippen LogP contribution in [-0.2, 0) is 12.8 Å². The van der Waals surface area contributed by atoms with Crippen molar-refractivity contribution in [1.82, 2.24) is 4.90 Å². The van der Waals surface area contributed by atoms with E-state index in [-0.39, 0.29) is 11.9 Å². The number of rotatable bonds is 6. The van der Waals surface area contributed by atoms with Crippen molar-refractivity contribution in [2.75, 3.05) is 13.1 Å². The highest BCUT2D eigenvalue weighted by atomic mass is 16.5. The SMILES string of the molecule is CC(=N)N1CC[C@H](Oc2ccc(CCc3ccc4ccc(C(=N)N)cc4c3)cc2)C1. The second-order valence-electron chi connectivity index (χ2n) is 8.01. The molecule has 1 atom stereocenters. The van der Waals surface area contributed by atoms with Gasteiger partial charge in [0.15, 0.2) is 0 Å². The maximum atomic E-state index is 7.74. The Morgan fingerprint density at radius 3 is 2.37 bits per heavy atom. The van der Waals surface area contributed by atoms with Crippen LogP contribution in [0.5, 0.6) is 5.75 Å². The third kappa shape index (κ3) is 4.62. The highest BCUT2D eigenvalue weighted by Crippen LogP contribution is 2.22. The largest absolute Gasteiger partial charge is 0.489 e. The van der Waals surface area contributed by atoms with Gasteiger partial charge < -0.3 is 15.4 Å². The molecule has 0 saturated carbocycles. The maximum absolute atomic E-state index is 7.74. The summed E-state index contributed by atoms with van der Waals surface area (Å²) >= 11 is 0. The van der Waals surface area contributed by atoms with Gasteiger partial charge in [-0.25, -0.2) is 0 Å². The molecular formula is C25H28N4O. The van der Waals surface area contributed by atoms with Crippen LogP contribution in [0.4, 0.5) is 0 Å². The Bertz CT molecular complexity index is 1070. The van der Waals surface area contributed by atoms with Crippen molar-refractivity contribution in [2.24, 2.45) is 5.73 Å². The summed E-state index contributed by atoms with van der Waals surface area (Å²) in [6.45, 7) is 3.52. The van der Waals surface area contributed by atoms with Crippen LogP contribution in [0.1, 0.15) is 30.0 Å². The van der Waals surface area contributed by atoms with Crippen LogP contribution in [-0.4, -0.2) is 35.8 Å². The number of hydrogen-bond donors (Lipinski definition) is 3. The Morgan fingerprint density at radius 2 is 1.67 bits per heavy atom. The fraction of sp³-hybridized carbons (Fsp3) is 0.280. The van der Waals surface area contributed by atoms with E-state index < -0.39 is 0 Å². The molecule has 1 saturated heterocycles. The van der Waals surface area contributed by atoms with Crippen molar-refractivity contribution in [3.8, 4) is 5.75 Å². The minimum absolute atomic E-state index is 0.0999. The van der Waals surface area contributed by atoms with Gasteiger partial charge in [0.05, 0.1) is 12.4 Å². The van der Waals surface area contributed by atoms with Gasteiger partial charge in [-0.1, -0.05) is 42.5 Å². The highest BCUT2D eigenvalue weighted by molar-refractivity contribution is 5.99. The van der Waals surface area contributed by atoms with Gasteiger partial charge in [0.1, 0.15) is 17.7 Å². The van der Waals surface area contributed by atoms with Gasteiger partial charge in [-0.3, -0.25) is 10.8 Å². The molecule has 3 aromatic rings. The summed E-state index contributed by atoms with van der Waals surface area (Å²) in [5.74, 6) is 1.61. The van der Waals surface area contributed by atoms with Gasteiger partial charge in [0.25, 0.3) is 0 Å². The van der Waals surface area contributed by atoms with Gasteiger partial charge in [0.2, 0.25) is 0 Å². The molecule has 154 valence electrons. The number of hydrogen-bond acceptors (Lipinski definition) is 3. The van der Waals surface area contributed by atoms with Gasteiger partial charge in [-0.15, -0.1) is 0 Å². The standard InChI is InChI=1S/C25H28N4O/c1-17(26)29-13-12-24(16-29)30-23-10-5-18(6-11-23)2-3-19-4-7-20-8-9-21(25(27)28)15-22(20)14-19/h4-11,14-15,24,26H,2-3,12-13,16H2,1H3,(H3,27,28)/t24-/m0/s1.